The summed E-state index contributed by atoms with van der Waals surface area (Å²) in [6, 6.07) is 5.98. The van der Waals surface area contributed by atoms with Gasteiger partial charge in [0.2, 0.25) is 5.91 Å². The monoisotopic (exact) mass is 461 g/mol. The second kappa shape index (κ2) is 6.90. The Balaban J connectivity index is 2.16. The van der Waals surface area contributed by atoms with Crippen molar-refractivity contribution in [1.82, 2.24) is 4.98 Å². The van der Waals surface area contributed by atoms with Gasteiger partial charge < -0.3 is 26.2 Å². The Morgan fingerprint density at radius 1 is 1.19 bits per heavy atom. The van der Waals surface area contributed by atoms with Gasteiger partial charge in [-0.25, -0.2) is 4.79 Å². The van der Waals surface area contributed by atoms with E-state index in [0.717, 1.165) is 0 Å². The molecular formula is C21H17Cl2N3O5. The van der Waals surface area contributed by atoms with Crippen LogP contribution in [0.3, 0.4) is 0 Å². The van der Waals surface area contributed by atoms with Crippen LogP contribution in [0.4, 0.5) is 11.4 Å². The topological polar surface area (TPSA) is 146 Å². The third-order valence-corrected chi connectivity index (χ3v) is 6.45. The van der Waals surface area contributed by atoms with Crippen molar-refractivity contribution < 1.29 is 24.6 Å². The number of aromatic nitrogens is 1. The Kier molecular flexibility index (Phi) is 4.68. The Hall–Kier alpha value is -3.23. The van der Waals surface area contributed by atoms with Crippen LogP contribution in [0.1, 0.15) is 40.0 Å². The van der Waals surface area contributed by atoms with Gasteiger partial charge in [0.05, 0.1) is 10.4 Å². The van der Waals surface area contributed by atoms with E-state index >= 15 is 0 Å². The van der Waals surface area contributed by atoms with E-state index in [0.29, 0.717) is 22.5 Å². The number of carboxylic acids is 2. The lowest BCUT2D eigenvalue weighted by Gasteiger charge is -2.40. The van der Waals surface area contributed by atoms with Crippen molar-refractivity contribution in [3.8, 4) is 0 Å². The molecule has 0 saturated heterocycles. The van der Waals surface area contributed by atoms with Gasteiger partial charge in [-0.3, -0.25) is 9.59 Å². The first-order valence-electron chi connectivity index (χ1n) is 9.16. The molecule has 31 heavy (non-hydrogen) atoms. The van der Waals surface area contributed by atoms with Gasteiger partial charge in [-0.2, -0.15) is 0 Å². The fourth-order valence-corrected chi connectivity index (χ4v) is 5.04. The summed E-state index contributed by atoms with van der Waals surface area (Å²) in [4.78, 5) is 40.8. The Labute approximate surface area is 185 Å². The average molecular weight is 462 g/mol. The summed E-state index contributed by atoms with van der Waals surface area (Å²) < 4.78 is 0. The molecule has 0 saturated carbocycles. The van der Waals surface area contributed by atoms with E-state index in [2.05, 4.69) is 10.3 Å². The van der Waals surface area contributed by atoms with E-state index in [-0.39, 0.29) is 32.2 Å². The van der Waals surface area contributed by atoms with Gasteiger partial charge in [-0.15, -0.1) is 0 Å². The first kappa shape index (κ1) is 21.0. The van der Waals surface area contributed by atoms with Crippen LogP contribution in [0.15, 0.2) is 24.3 Å². The molecule has 160 valence electrons. The standard InChI is InChI=1S/C21H17Cl2N3O5/c1-7-10(24)3-4-11-13(7)16(18(27)28)21(2,20(31)26-11)15-14-9(23)5-8(22)6-12(14)25-17(15)19(29)30/h3-6,16,25H,24H2,1-2H3,(H,26,31)(H,27,28)(H,29,30). The normalized spacial score (nSPS) is 20.4. The number of hydrogen-bond acceptors (Lipinski definition) is 4. The lowest BCUT2D eigenvalue weighted by Crippen LogP contribution is -2.50. The largest absolute Gasteiger partial charge is 0.481 e. The van der Waals surface area contributed by atoms with Crippen LogP contribution in [0.2, 0.25) is 10.0 Å². The molecule has 0 fully saturated rings. The van der Waals surface area contributed by atoms with Crippen LogP contribution >= 0.6 is 23.2 Å². The minimum Gasteiger partial charge on any atom is -0.481 e. The SMILES string of the molecule is Cc1c(N)ccc2c1C(C(=O)O)C(C)(c1c(C(=O)O)[nH]c3cc(Cl)cc(Cl)c13)C(=O)N2. The number of hydrogen-bond donors (Lipinski definition) is 5. The molecule has 2 heterocycles. The van der Waals surface area contributed by atoms with Crippen LogP contribution in [0.25, 0.3) is 10.9 Å². The molecule has 10 heteroatoms. The third-order valence-electron chi connectivity index (χ3n) is 5.94. The minimum atomic E-state index is -1.83. The number of H-pyrrole nitrogens is 1. The summed E-state index contributed by atoms with van der Waals surface area (Å²) in [5.74, 6) is -4.77. The summed E-state index contributed by atoms with van der Waals surface area (Å²) >= 11 is 12.5. The van der Waals surface area contributed by atoms with Crippen molar-refractivity contribution in [2.24, 2.45) is 0 Å². The predicted octanol–water partition coefficient (Wildman–Crippen LogP) is 4.14. The van der Waals surface area contributed by atoms with Crippen molar-refractivity contribution >= 4 is 63.3 Å². The molecule has 0 spiro atoms. The maximum Gasteiger partial charge on any atom is 0.352 e. The zero-order valence-electron chi connectivity index (χ0n) is 16.3. The molecule has 0 bridgehead atoms. The van der Waals surface area contributed by atoms with Crippen molar-refractivity contribution in [3.05, 3.63) is 56.7 Å². The summed E-state index contributed by atoms with van der Waals surface area (Å²) in [6.45, 7) is 3.05. The molecule has 2 atom stereocenters. The van der Waals surface area contributed by atoms with Crippen molar-refractivity contribution in [3.63, 3.8) is 0 Å². The van der Waals surface area contributed by atoms with E-state index in [9.17, 15) is 24.6 Å². The highest BCUT2D eigenvalue weighted by Crippen LogP contribution is 2.52. The van der Waals surface area contributed by atoms with Gasteiger partial charge in [0.1, 0.15) is 11.6 Å². The van der Waals surface area contributed by atoms with Crippen molar-refractivity contribution in [2.45, 2.75) is 25.2 Å². The lowest BCUT2D eigenvalue weighted by molar-refractivity contribution is -0.143. The molecular weight excluding hydrogens is 445 g/mol. The number of nitrogens with two attached hydrogens (primary N) is 1. The molecule has 6 N–H and O–H groups in total. The number of nitrogen functional groups attached to an aromatic ring is 1. The molecule has 3 aromatic rings. The predicted molar refractivity (Wildman–Crippen MR) is 117 cm³/mol. The smallest absolute Gasteiger partial charge is 0.352 e. The van der Waals surface area contributed by atoms with Gasteiger partial charge in [0, 0.05) is 32.9 Å². The second-order valence-electron chi connectivity index (χ2n) is 7.66. The van der Waals surface area contributed by atoms with Crippen LogP contribution in [-0.4, -0.2) is 33.0 Å². The number of rotatable bonds is 3. The van der Waals surface area contributed by atoms with E-state index in [1.54, 1.807) is 13.0 Å². The Morgan fingerprint density at radius 3 is 2.48 bits per heavy atom. The first-order valence-corrected chi connectivity index (χ1v) is 9.91. The molecule has 2 aromatic carbocycles. The van der Waals surface area contributed by atoms with Crippen LogP contribution in [0.5, 0.6) is 0 Å². The van der Waals surface area contributed by atoms with Crippen LogP contribution in [-0.2, 0) is 15.0 Å². The van der Waals surface area contributed by atoms with E-state index in [1.807, 2.05) is 0 Å². The molecule has 0 radical (unpaired) electrons. The van der Waals surface area contributed by atoms with Gasteiger partial charge in [-0.1, -0.05) is 23.2 Å². The quantitative estimate of drug-likeness (QED) is 0.370. The molecule has 1 amide bonds. The molecule has 1 aliphatic heterocycles. The zero-order valence-corrected chi connectivity index (χ0v) is 17.9. The minimum absolute atomic E-state index is 0.0333. The van der Waals surface area contributed by atoms with Gasteiger partial charge in [0.25, 0.3) is 0 Å². The number of amides is 1. The second-order valence-corrected chi connectivity index (χ2v) is 8.50. The van der Waals surface area contributed by atoms with Crippen LogP contribution in [0, 0.1) is 6.92 Å². The van der Waals surface area contributed by atoms with Gasteiger partial charge in [0.15, 0.2) is 0 Å². The number of benzene rings is 2. The summed E-state index contributed by atoms with van der Waals surface area (Å²) in [7, 11) is 0. The number of carbonyl (C=O) groups excluding carboxylic acids is 1. The molecule has 1 aromatic heterocycles. The zero-order chi connectivity index (χ0) is 22.8. The third kappa shape index (κ3) is 2.86. The summed E-state index contributed by atoms with van der Waals surface area (Å²) in [5, 5.41) is 23.4. The molecule has 2 unspecified atom stereocenters. The number of fused-ring (bicyclic) bond motifs is 2. The van der Waals surface area contributed by atoms with Crippen molar-refractivity contribution in [2.75, 3.05) is 11.1 Å². The number of carboxylic acid groups (broad SMARTS) is 2. The number of nitrogens with one attached hydrogen (secondary N) is 2. The number of anilines is 2. The number of aliphatic carboxylic acids is 1. The first-order chi connectivity index (χ1) is 14.5. The maximum atomic E-state index is 13.4. The highest BCUT2D eigenvalue weighted by atomic mass is 35.5. The van der Waals surface area contributed by atoms with Gasteiger partial charge >= 0.3 is 11.9 Å². The molecule has 8 nitrogen and oxygen atoms in total. The highest BCUT2D eigenvalue weighted by molar-refractivity contribution is 6.39. The molecule has 4 rings (SSSR count). The Morgan fingerprint density at radius 2 is 1.87 bits per heavy atom. The summed E-state index contributed by atoms with van der Waals surface area (Å²) in [5.41, 5.74) is 5.55. The van der Waals surface area contributed by atoms with Crippen molar-refractivity contribution in [1.29, 1.82) is 0 Å². The molecule has 0 aliphatic carbocycles. The van der Waals surface area contributed by atoms with E-state index in [1.165, 1.54) is 25.1 Å². The fourth-order valence-electron chi connectivity index (χ4n) is 4.45. The number of aromatic amines is 1. The molecule has 1 aliphatic rings. The fraction of sp³-hybridized carbons (Fsp3) is 0.190. The maximum absolute atomic E-state index is 13.4. The average Bonchev–Trinajstić information content (AvgIpc) is 3.06. The van der Waals surface area contributed by atoms with Gasteiger partial charge in [-0.05, 0) is 49.2 Å². The lowest BCUT2D eigenvalue weighted by atomic mass is 9.64. The number of carbonyl (C=O) groups is 3. The number of aromatic carboxylic acids is 1. The highest BCUT2D eigenvalue weighted by Gasteiger charge is 2.55. The number of halogens is 2. The van der Waals surface area contributed by atoms with E-state index < -0.39 is 29.2 Å². The summed E-state index contributed by atoms with van der Waals surface area (Å²) in [6.07, 6.45) is 0. The Bertz CT molecular complexity index is 1320. The van der Waals surface area contributed by atoms with Crippen LogP contribution < -0.4 is 11.1 Å². The van der Waals surface area contributed by atoms with E-state index in [4.69, 9.17) is 28.9 Å².